The van der Waals surface area contributed by atoms with Crippen LogP contribution in [0.2, 0.25) is 0 Å². The highest BCUT2D eigenvalue weighted by Gasteiger charge is 2.16. The van der Waals surface area contributed by atoms with Crippen molar-refractivity contribution in [2.24, 2.45) is 0 Å². The third kappa shape index (κ3) is 1.45. The van der Waals surface area contributed by atoms with Crippen molar-refractivity contribution >= 4 is 22.3 Å². The Hall–Kier alpha value is -2.69. The Labute approximate surface area is 107 Å². The van der Waals surface area contributed by atoms with E-state index in [0.29, 0.717) is 17.2 Å². The number of oxazole rings is 1. The zero-order valence-electron chi connectivity index (χ0n) is 10.1. The summed E-state index contributed by atoms with van der Waals surface area (Å²) >= 11 is 0. The van der Waals surface area contributed by atoms with E-state index in [9.17, 15) is 0 Å². The number of rotatable bonds is 1. The summed E-state index contributed by atoms with van der Waals surface area (Å²) in [6.45, 7) is 1.80. The molecule has 0 unspecified atom stereocenters. The Morgan fingerprint density at radius 3 is 2.84 bits per heavy atom. The maximum absolute atomic E-state index is 5.79. The van der Waals surface area contributed by atoms with Gasteiger partial charge in [0.25, 0.3) is 5.71 Å². The van der Waals surface area contributed by atoms with Gasteiger partial charge in [-0.15, -0.1) is 0 Å². The zero-order chi connectivity index (χ0) is 12.8. The highest BCUT2D eigenvalue weighted by molar-refractivity contribution is 6.05. The second-order valence-electron chi connectivity index (χ2n) is 4.24. The van der Waals surface area contributed by atoms with Crippen LogP contribution in [0.4, 0.5) is 0 Å². The summed E-state index contributed by atoms with van der Waals surface area (Å²) in [4.78, 5) is 12.6. The summed E-state index contributed by atoms with van der Waals surface area (Å²) in [5, 5.41) is 0.902. The molecule has 0 saturated heterocycles. The van der Waals surface area contributed by atoms with Gasteiger partial charge in [0.2, 0.25) is 5.58 Å². The minimum Gasteiger partial charge on any atom is -0.437 e. The molecular formula is C14H9N3O2. The van der Waals surface area contributed by atoms with Gasteiger partial charge in [0.15, 0.2) is 5.89 Å². The molecular weight excluding hydrogens is 242 g/mol. The molecule has 3 heterocycles. The molecule has 0 spiro atoms. The van der Waals surface area contributed by atoms with Crippen molar-refractivity contribution in [2.45, 2.75) is 6.92 Å². The molecule has 0 N–H and O–H groups in total. The Balaban J connectivity index is 2.09. The van der Waals surface area contributed by atoms with Gasteiger partial charge in [0.1, 0.15) is 5.58 Å². The van der Waals surface area contributed by atoms with Crippen LogP contribution in [0.3, 0.4) is 0 Å². The van der Waals surface area contributed by atoms with Crippen molar-refractivity contribution in [1.29, 1.82) is 0 Å². The first-order valence-electron chi connectivity index (χ1n) is 5.88. The van der Waals surface area contributed by atoms with E-state index in [1.54, 1.807) is 25.5 Å². The summed E-state index contributed by atoms with van der Waals surface area (Å²) in [7, 11) is 0. The summed E-state index contributed by atoms with van der Waals surface area (Å²) in [6.07, 6.45) is 5.00. The lowest BCUT2D eigenvalue weighted by Crippen LogP contribution is -1.84. The number of benzene rings is 1. The molecule has 3 aromatic heterocycles. The van der Waals surface area contributed by atoms with Crippen molar-refractivity contribution in [1.82, 2.24) is 15.0 Å². The van der Waals surface area contributed by atoms with Crippen molar-refractivity contribution in [2.75, 3.05) is 0 Å². The standard InChI is InChI=1S/C14H9N3O2/c1-8-17-14-13(18-8)10-4-2-3-9(12(10)19-14)11-7-15-5-6-16-11/h2-7H,1H3. The lowest BCUT2D eigenvalue weighted by molar-refractivity contribution is 0.563. The van der Waals surface area contributed by atoms with Gasteiger partial charge >= 0.3 is 0 Å². The van der Waals surface area contributed by atoms with Crippen LogP contribution in [-0.4, -0.2) is 15.0 Å². The van der Waals surface area contributed by atoms with Crippen LogP contribution in [0, 0.1) is 6.92 Å². The third-order valence-electron chi connectivity index (χ3n) is 3.00. The van der Waals surface area contributed by atoms with E-state index in [4.69, 9.17) is 8.83 Å². The highest BCUT2D eigenvalue weighted by Crippen LogP contribution is 2.34. The molecule has 4 aromatic rings. The van der Waals surface area contributed by atoms with Gasteiger partial charge < -0.3 is 8.83 Å². The molecule has 1 aromatic carbocycles. The molecule has 0 aliphatic rings. The summed E-state index contributed by atoms with van der Waals surface area (Å²) < 4.78 is 11.4. The maximum Gasteiger partial charge on any atom is 0.267 e. The van der Waals surface area contributed by atoms with Crippen LogP contribution in [0.25, 0.3) is 33.5 Å². The summed E-state index contributed by atoms with van der Waals surface area (Å²) in [5.41, 5.74) is 3.57. The summed E-state index contributed by atoms with van der Waals surface area (Å²) in [5.74, 6) is 0.598. The first-order chi connectivity index (χ1) is 9.33. The molecule has 5 heteroatoms. The molecule has 0 aliphatic heterocycles. The second kappa shape index (κ2) is 3.65. The Morgan fingerprint density at radius 2 is 2.00 bits per heavy atom. The van der Waals surface area contributed by atoms with Crippen molar-refractivity contribution in [3.63, 3.8) is 0 Å². The van der Waals surface area contributed by atoms with Gasteiger partial charge in [0.05, 0.1) is 17.3 Å². The SMILES string of the molecule is Cc1nc2oc3c(-c4cnccn4)cccc3c2o1. The number of nitrogens with zero attached hydrogens (tertiary/aromatic N) is 3. The van der Waals surface area contributed by atoms with Gasteiger partial charge in [-0.1, -0.05) is 6.07 Å². The van der Waals surface area contributed by atoms with E-state index in [0.717, 1.165) is 22.2 Å². The monoisotopic (exact) mass is 251 g/mol. The predicted molar refractivity (Wildman–Crippen MR) is 69.5 cm³/mol. The first-order valence-corrected chi connectivity index (χ1v) is 5.88. The highest BCUT2D eigenvalue weighted by atomic mass is 16.4. The fourth-order valence-electron chi connectivity index (χ4n) is 2.21. The Bertz CT molecular complexity index is 878. The Morgan fingerprint density at radius 1 is 1.05 bits per heavy atom. The van der Waals surface area contributed by atoms with Gasteiger partial charge in [-0.2, -0.15) is 4.98 Å². The predicted octanol–water partition coefficient (Wildman–Crippen LogP) is 3.34. The largest absolute Gasteiger partial charge is 0.437 e. The lowest BCUT2D eigenvalue weighted by Gasteiger charge is -1.99. The molecule has 0 fully saturated rings. The number of furan rings is 1. The molecule has 5 nitrogen and oxygen atoms in total. The molecule has 4 rings (SSSR count). The van der Waals surface area contributed by atoms with Gasteiger partial charge in [-0.25, -0.2) is 0 Å². The van der Waals surface area contributed by atoms with Crippen LogP contribution in [0.15, 0.2) is 45.6 Å². The van der Waals surface area contributed by atoms with Gasteiger partial charge in [0, 0.05) is 24.9 Å². The summed E-state index contributed by atoms with van der Waals surface area (Å²) in [6, 6.07) is 5.84. The van der Waals surface area contributed by atoms with Crippen LogP contribution < -0.4 is 0 Å². The molecule has 0 saturated carbocycles. The van der Waals surface area contributed by atoms with Crippen LogP contribution >= 0.6 is 0 Å². The molecule has 19 heavy (non-hydrogen) atoms. The van der Waals surface area contributed by atoms with E-state index in [1.807, 2.05) is 18.2 Å². The fourth-order valence-corrected chi connectivity index (χ4v) is 2.21. The number of fused-ring (bicyclic) bond motifs is 3. The quantitative estimate of drug-likeness (QED) is 0.519. The third-order valence-corrected chi connectivity index (χ3v) is 3.00. The number of hydrogen-bond donors (Lipinski definition) is 0. The lowest BCUT2D eigenvalue weighted by atomic mass is 10.1. The van der Waals surface area contributed by atoms with Crippen LogP contribution in [0.1, 0.15) is 5.89 Å². The Kier molecular flexibility index (Phi) is 1.97. The van der Waals surface area contributed by atoms with E-state index >= 15 is 0 Å². The smallest absolute Gasteiger partial charge is 0.267 e. The normalized spacial score (nSPS) is 11.4. The molecule has 0 amide bonds. The number of para-hydroxylation sites is 1. The molecule has 0 radical (unpaired) electrons. The molecule has 0 aliphatic carbocycles. The number of aromatic nitrogens is 3. The van der Waals surface area contributed by atoms with Gasteiger partial charge in [-0.05, 0) is 12.1 Å². The number of aryl methyl sites for hydroxylation is 1. The molecule has 0 bridgehead atoms. The average molecular weight is 251 g/mol. The van der Waals surface area contributed by atoms with E-state index < -0.39 is 0 Å². The van der Waals surface area contributed by atoms with Crippen molar-refractivity contribution < 1.29 is 8.83 Å². The molecule has 0 atom stereocenters. The number of hydrogen-bond acceptors (Lipinski definition) is 5. The van der Waals surface area contributed by atoms with Gasteiger partial charge in [-0.3, -0.25) is 9.97 Å². The van der Waals surface area contributed by atoms with Crippen molar-refractivity contribution in [3.05, 3.63) is 42.7 Å². The van der Waals surface area contributed by atoms with E-state index in [2.05, 4.69) is 15.0 Å². The minimum atomic E-state index is 0.517. The topological polar surface area (TPSA) is 65.0 Å². The fraction of sp³-hybridized carbons (Fsp3) is 0.0714. The van der Waals surface area contributed by atoms with E-state index in [1.165, 1.54) is 0 Å². The maximum atomic E-state index is 5.79. The minimum absolute atomic E-state index is 0.517. The first kappa shape index (κ1) is 10.3. The second-order valence-corrected chi connectivity index (χ2v) is 4.24. The average Bonchev–Trinajstić information content (AvgIpc) is 2.95. The van der Waals surface area contributed by atoms with Crippen LogP contribution in [-0.2, 0) is 0 Å². The molecule has 92 valence electrons. The van der Waals surface area contributed by atoms with Crippen molar-refractivity contribution in [3.8, 4) is 11.3 Å². The van der Waals surface area contributed by atoms with E-state index in [-0.39, 0.29) is 0 Å². The zero-order valence-corrected chi connectivity index (χ0v) is 10.1. The van der Waals surface area contributed by atoms with Crippen LogP contribution in [0.5, 0.6) is 0 Å².